The normalized spacial score (nSPS) is 21.6. The van der Waals surface area contributed by atoms with Gasteiger partial charge in [-0.2, -0.15) is 0 Å². The summed E-state index contributed by atoms with van der Waals surface area (Å²) in [4.78, 5) is 31.4. The quantitative estimate of drug-likeness (QED) is 0.809. The molecule has 0 aromatic carbocycles. The van der Waals surface area contributed by atoms with Crippen molar-refractivity contribution in [3.63, 3.8) is 0 Å². The van der Waals surface area contributed by atoms with E-state index in [1.807, 2.05) is 0 Å². The Morgan fingerprint density at radius 1 is 1.26 bits per heavy atom. The van der Waals surface area contributed by atoms with Crippen molar-refractivity contribution in [1.82, 2.24) is 15.4 Å². The molecular formula is C19H26N4O3S. The van der Waals surface area contributed by atoms with Crippen LogP contribution >= 0.6 is 11.3 Å². The van der Waals surface area contributed by atoms with Gasteiger partial charge in [-0.1, -0.05) is 0 Å². The number of hydrogen-bond donors (Lipinski definition) is 1. The van der Waals surface area contributed by atoms with E-state index in [4.69, 9.17) is 9.57 Å². The molecule has 1 atom stereocenters. The number of fused-ring (bicyclic) bond motifs is 1. The summed E-state index contributed by atoms with van der Waals surface area (Å²) in [6.45, 7) is 6.56. The molecule has 27 heavy (non-hydrogen) atoms. The van der Waals surface area contributed by atoms with Crippen molar-refractivity contribution < 1.29 is 14.4 Å². The van der Waals surface area contributed by atoms with Gasteiger partial charge in [0.25, 0.3) is 0 Å². The fraction of sp³-hybridized carbons (Fsp3) is 0.632. The second-order valence-corrected chi connectivity index (χ2v) is 8.51. The minimum absolute atomic E-state index is 0.0347. The highest BCUT2D eigenvalue weighted by molar-refractivity contribution is 7.18. The number of aromatic nitrogens is 2. The topological polar surface area (TPSA) is 76.6 Å². The van der Waals surface area contributed by atoms with Crippen molar-refractivity contribution >= 4 is 33.3 Å². The summed E-state index contributed by atoms with van der Waals surface area (Å²) < 4.78 is 5.49. The Hall–Kier alpha value is -1.77. The minimum Gasteiger partial charge on any atom is -0.356 e. The average Bonchev–Trinajstić information content (AvgIpc) is 3.01. The predicted molar refractivity (Wildman–Crippen MR) is 105 cm³/mol. The summed E-state index contributed by atoms with van der Waals surface area (Å²) in [5.41, 5.74) is 3.87. The number of thiophene rings is 1. The number of anilines is 1. The van der Waals surface area contributed by atoms with Crippen LogP contribution in [0.25, 0.3) is 10.2 Å². The molecule has 0 radical (unpaired) electrons. The van der Waals surface area contributed by atoms with E-state index in [1.54, 1.807) is 17.7 Å². The molecule has 0 spiro atoms. The first-order valence-corrected chi connectivity index (χ1v) is 10.5. The third-order valence-corrected chi connectivity index (χ3v) is 6.65. The number of hydroxylamine groups is 1. The summed E-state index contributed by atoms with van der Waals surface area (Å²) in [5.74, 6) is 0.916. The molecule has 2 aliphatic heterocycles. The number of carbonyl (C=O) groups is 1. The van der Waals surface area contributed by atoms with Crippen molar-refractivity contribution in [3.05, 3.63) is 16.8 Å². The third kappa shape index (κ3) is 3.93. The SMILES string of the molecule is Cc1sc2ncnc(N3CCC(C(=O)NO[C@@H]4CCCCO4)CC3)c2c1C. The Labute approximate surface area is 163 Å². The maximum absolute atomic E-state index is 12.4. The lowest BCUT2D eigenvalue weighted by molar-refractivity contribution is -0.202. The van der Waals surface area contributed by atoms with E-state index in [1.165, 1.54) is 10.4 Å². The number of carbonyl (C=O) groups excluding carboxylic acids is 1. The van der Waals surface area contributed by atoms with Crippen molar-refractivity contribution in [3.8, 4) is 0 Å². The first-order chi connectivity index (χ1) is 13.1. The average molecular weight is 391 g/mol. The van der Waals surface area contributed by atoms with Crippen LogP contribution in [0.3, 0.4) is 0 Å². The molecule has 1 N–H and O–H groups in total. The number of piperidine rings is 1. The van der Waals surface area contributed by atoms with Crippen molar-refractivity contribution in [1.29, 1.82) is 0 Å². The van der Waals surface area contributed by atoms with Gasteiger partial charge >= 0.3 is 0 Å². The predicted octanol–water partition coefficient (Wildman–Crippen LogP) is 3.10. The summed E-state index contributed by atoms with van der Waals surface area (Å²) >= 11 is 1.71. The van der Waals surface area contributed by atoms with Crippen LogP contribution in [0.4, 0.5) is 5.82 Å². The number of nitrogens with zero attached hydrogens (tertiary/aromatic N) is 3. The molecule has 4 heterocycles. The summed E-state index contributed by atoms with van der Waals surface area (Å²) in [7, 11) is 0. The zero-order valence-corrected chi connectivity index (χ0v) is 16.7. The molecule has 2 aromatic rings. The maximum atomic E-state index is 12.4. The van der Waals surface area contributed by atoms with Crippen LogP contribution in [0, 0.1) is 19.8 Å². The fourth-order valence-electron chi connectivity index (χ4n) is 3.77. The van der Waals surface area contributed by atoms with E-state index in [0.29, 0.717) is 6.61 Å². The second kappa shape index (κ2) is 8.08. The van der Waals surface area contributed by atoms with Crippen LogP contribution in [0.15, 0.2) is 6.33 Å². The van der Waals surface area contributed by atoms with Gasteiger partial charge in [-0.15, -0.1) is 11.3 Å². The van der Waals surface area contributed by atoms with Gasteiger partial charge in [0.15, 0.2) is 6.29 Å². The Bertz CT molecular complexity index is 811. The van der Waals surface area contributed by atoms with Gasteiger partial charge in [0.2, 0.25) is 5.91 Å². The number of nitrogens with one attached hydrogen (secondary N) is 1. The highest BCUT2D eigenvalue weighted by Gasteiger charge is 2.28. The lowest BCUT2D eigenvalue weighted by Crippen LogP contribution is -2.42. The van der Waals surface area contributed by atoms with E-state index in [9.17, 15) is 4.79 Å². The minimum atomic E-state index is -0.304. The Kier molecular flexibility index (Phi) is 5.56. The highest BCUT2D eigenvalue weighted by atomic mass is 32.1. The number of aryl methyl sites for hydroxylation is 2. The van der Waals surface area contributed by atoms with E-state index in [2.05, 4.69) is 34.2 Å². The number of ether oxygens (including phenoxy) is 1. The zero-order chi connectivity index (χ0) is 18.8. The first-order valence-electron chi connectivity index (χ1n) is 9.66. The number of rotatable bonds is 4. The molecule has 4 rings (SSSR count). The van der Waals surface area contributed by atoms with Crippen molar-refractivity contribution in [2.45, 2.75) is 52.2 Å². The van der Waals surface area contributed by atoms with Gasteiger partial charge in [0.05, 0.1) is 5.39 Å². The molecule has 1 amide bonds. The molecule has 2 fully saturated rings. The van der Waals surface area contributed by atoms with Crippen molar-refractivity contribution in [2.24, 2.45) is 5.92 Å². The Morgan fingerprint density at radius 2 is 2.07 bits per heavy atom. The number of amides is 1. The van der Waals surface area contributed by atoms with Gasteiger partial charge in [-0.25, -0.2) is 20.3 Å². The molecule has 2 saturated heterocycles. The fourth-order valence-corrected chi connectivity index (χ4v) is 4.76. The second-order valence-electron chi connectivity index (χ2n) is 7.30. The molecule has 0 saturated carbocycles. The van der Waals surface area contributed by atoms with Gasteiger partial charge in [-0.3, -0.25) is 4.79 Å². The van der Waals surface area contributed by atoms with Crippen LogP contribution in [0.5, 0.6) is 0 Å². The highest BCUT2D eigenvalue weighted by Crippen LogP contribution is 2.35. The third-order valence-electron chi connectivity index (χ3n) is 5.54. The lowest BCUT2D eigenvalue weighted by atomic mass is 9.96. The monoisotopic (exact) mass is 390 g/mol. The zero-order valence-electron chi connectivity index (χ0n) is 15.9. The van der Waals surface area contributed by atoms with Gasteiger partial charge in [0.1, 0.15) is 17.0 Å². The van der Waals surface area contributed by atoms with Gasteiger partial charge < -0.3 is 9.64 Å². The van der Waals surface area contributed by atoms with E-state index >= 15 is 0 Å². The van der Waals surface area contributed by atoms with E-state index in [0.717, 1.165) is 61.2 Å². The maximum Gasteiger partial charge on any atom is 0.246 e. The van der Waals surface area contributed by atoms with Crippen LogP contribution in [-0.4, -0.2) is 41.9 Å². The van der Waals surface area contributed by atoms with E-state index in [-0.39, 0.29) is 18.1 Å². The molecule has 2 aliphatic rings. The standard InChI is InChI=1S/C19H26N4O3S/c1-12-13(2)27-19-16(12)17(20-11-21-19)23-8-6-14(7-9-23)18(24)22-26-15-5-3-4-10-25-15/h11,14-15H,3-10H2,1-2H3,(H,22,24)/t15-/m1/s1. The smallest absolute Gasteiger partial charge is 0.246 e. The molecule has 8 heteroatoms. The molecule has 146 valence electrons. The molecular weight excluding hydrogens is 364 g/mol. The first kappa shape index (κ1) is 18.6. The van der Waals surface area contributed by atoms with Crippen molar-refractivity contribution in [2.75, 3.05) is 24.6 Å². The summed E-state index contributed by atoms with van der Waals surface area (Å²) in [6, 6.07) is 0. The molecule has 0 bridgehead atoms. The Balaban J connectivity index is 1.35. The van der Waals surface area contributed by atoms with E-state index < -0.39 is 0 Å². The molecule has 0 unspecified atom stereocenters. The van der Waals surface area contributed by atoms with Gasteiger partial charge in [-0.05, 0) is 45.1 Å². The largest absolute Gasteiger partial charge is 0.356 e. The molecule has 7 nitrogen and oxygen atoms in total. The van der Waals surface area contributed by atoms with Crippen LogP contribution in [0.1, 0.15) is 42.5 Å². The molecule has 2 aromatic heterocycles. The lowest BCUT2D eigenvalue weighted by Gasteiger charge is -2.32. The number of hydrogen-bond acceptors (Lipinski definition) is 7. The van der Waals surface area contributed by atoms with Crippen LogP contribution in [-0.2, 0) is 14.4 Å². The van der Waals surface area contributed by atoms with Crippen LogP contribution < -0.4 is 10.4 Å². The molecule has 0 aliphatic carbocycles. The summed E-state index contributed by atoms with van der Waals surface area (Å²) in [6.07, 6.45) is 5.88. The summed E-state index contributed by atoms with van der Waals surface area (Å²) in [5, 5.41) is 1.15. The van der Waals surface area contributed by atoms with Crippen LogP contribution in [0.2, 0.25) is 0 Å². The van der Waals surface area contributed by atoms with Gasteiger partial charge in [0, 0.05) is 36.9 Å². The Morgan fingerprint density at radius 3 is 2.81 bits per heavy atom.